The van der Waals surface area contributed by atoms with Crippen LogP contribution in [0.1, 0.15) is 19.5 Å². The van der Waals surface area contributed by atoms with Gasteiger partial charge in [0.25, 0.3) is 0 Å². The molecule has 1 aromatic heterocycles. The molecule has 2 rings (SSSR count). The van der Waals surface area contributed by atoms with Gasteiger partial charge in [-0.3, -0.25) is 4.98 Å². The Labute approximate surface area is 109 Å². The summed E-state index contributed by atoms with van der Waals surface area (Å²) in [5, 5.41) is 3.25. The van der Waals surface area contributed by atoms with Gasteiger partial charge >= 0.3 is 0 Å². The number of nitrogens with one attached hydrogen (secondary N) is 1. The SMILES string of the molecule is CCNCc1cnc(N2CCN(C)C(C)C2)cn1. The van der Waals surface area contributed by atoms with Crippen LogP contribution in [0.5, 0.6) is 0 Å². The minimum Gasteiger partial charge on any atom is -0.353 e. The molecule has 0 aliphatic carbocycles. The van der Waals surface area contributed by atoms with Crippen LogP contribution in [-0.4, -0.2) is 54.1 Å². The number of piperazine rings is 1. The monoisotopic (exact) mass is 249 g/mol. The molecule has 1 atom stereocenters. The molecule has 2 heterocycles. The first-order chi connectivity index (χ1) is 8.70. The van der Waals surface area contributed by atoms with Gasteiger partial charge in [0.2, 0.25) is 0 Å². The van der Waals surface area contributed by atoms with Crippen molar-refractivity contribution in [2.45, 2.75) is 26.4 Å². The lowest BCUT2D eigenvalue weighted by molar-refractivity contribution is 0.233. The van der Waals surface area contributed by atoms with Crippen molar-refractivity contribution in [1.82, 2.24) is 20.2 Å². The summed E-state index contributed by atoms with van der Waals surface area (Å²) in [5.41, 5.74) is 1.00. The molecule has 1 fully saturated rings. The molecule has 18 heavy (non-hydrogen) atoms. The molecule has 0 spiro atoms. The summed E-state index contributed by atoms with van der Waals surface area (Å²) in [7, 11) is 2.17. The number of hydrogen-bond donors (Lipinski definition) is 1. The van der Waals surface area contributed by atoms with E-state index in [1.807, 2.05) is 12.4 Å². The van der Waals surface area contributed by atoms with Gasteiger partial charge in [-0.15, -0.1) is 0 Å². The Morgan fingerprint density at radius 1 is 1.33 bits per heavy atom. The zero-order valence-corrected chi connectivity index (χ0v) is 11.6. The molecule has 0 aromatic carbocycles. The van der Waals surface area contributed by atoms with Crippen molar-refractivity contribution in [1.29, 1.82) is 0 Å². The maximum atomic E-state index is 4.52. The predicted octanol–water partition coefficient (Wildman–Crippen LogP) is 0.726. The maximum Gasteiger partial charge on any atom is 0.147 e. The van der Waals surface area contributed by atoms with Gasteiger partial charge in [-0.1, -0.05) is 6.92 Å². The molecule has 0 radical (unpaired) electrons. The van der Waals surface area contributed by atoms with Crippen molar-refractivity contribution >= 4 is 5.82 Å². The Morgan fingerprint density at radius 3 is 2.78 bits per heavy atom. The fourth-order valence-electron chi connectivity index (χ4n) is 2.11. The van der Waals surface area contributed by atoms with Crippen LogP contribution in [0.15, 0.2) is 12.4 Å². The lowest BCUT2D eigenvalue weighted by atomic mass is 10.2. The van der Waals surface area contributed by atoms with E-state index in [0.717, 1.165) is 44.2 Å². The van der Waals surface area contributed by atoms with E-state index in [2.05, 4.69) is 46.0 Å². The summed E-state index contributed by atoms with van der Waals surface area (Å²) in [6.07, 6.45) is 3.77. The molecule has 0 saturated carbocycles. The normalized spacial score (nSPS) is 21.3. The number of likely N-dealkylation sites (N-methyl/N-ethyl adjacent to an activating group) is 1. The van der Waals surface area contributed by atoms with Crippen LogP contribution in [0.2, 0.25) is 0 Å². The lowest BCUT2D eigenvalue weighted by Gasteiger charge is -2.38. The Bertz CT molecular complexity index is 364. The van der Waals surface area contributed by atoms with Gasteiger partial charge in [0.05, 0.1) is 18.1 Å². The summed E-state index contributed by atoms with van der Waals surface area (Å²) in [6.45, 7) is 9.23. The molecule has 1 aliphatic heterocycles. The standard InChI is InChI=1S/C13H23N5/c1-4-14-7-12-8-16-13(9-15-12)18-6-5-17(3)11(2)10-18/h8-9,11,14H,4-7,10H2,1-3H3. The van der Waals surface area contributed by atoms with Gasteiger partial charge in [0, 0.05) is 32.2 Å². The first-order valence-electron chi connectivity index (χ1n) is 6.67. The third kappa shape index (κ3) is 3.17. The summed E-state index contributed by atoms with van der Waals surface area (Å²) in [5.74, 6) is 0.996. The molecule has 100 valence electrons. The zero-order chi connectivity index (χ0) is 13.0. The molecular weight excluding hydrogens is 226 g/mol. The highest BCUT2D eigenvalue weighted by atomic mass is 15.3. The van der Waals surface area contributed by atoms with Crippen molar-refractivity contribution < 1.29 is 0 Å². The van der Waals surface area contributed by atoms with Gasteiger partial charge < -0.3 is 15.1 Å². The Morgan fingerprint density at radius 2 is 2.17 bits per heavy atom. The minimum atomic E-state index is 0.571. The quantitative estimate of drug-likeness (QED) is 0.852. The summed E-state index contributed by atoms with van der Waals surface area (Å²) < 4.78 is 0. The fourth-order valence-corrected chi connectivity index (χ4v) is 2.11. The molecular formula is C13H23N5. The van der Waals surface area contributed by atoms with E-state index < -0.39 is 0 Å². The molecule has 1 N–H and O–H groups in total. The first-order valence-corrected chi connectivity index (χ1v) is 6.67. The first kappa shape index (κ1) is 13.2. The maximum absolute atomic E-state index is 4.52. The summed E-state index contributed by atoms with van der Waals surface area (Å²) >= 11 is 0. The number of anilines is 1. The van der Waals surface area contributed by atoms with Crippen molar-refractivity contribution in [3.63, 3.8) is 0 Å². The van der Waals surface area contributed by atoms with E-state index in [-0.39, 0.29) is 0 Å². The van der Waals surface area contributed by atoms with Crippen molar-refractivity contribution in [3.05, 3.63) is 18.1 Å². The number of rotatable bonds is 4. The third-order valence-corrected chi connectivity index (χ3v) is 3.53. The van der Waals surface area contributed by atoms with Crippen molar-refractivity contribution in [3.8, 4) is 0 Å². The van der Waals surface area contributed by atoms with Crippen LogP contribution < -0.4 is 10.2 Å². The lowest BCUT2D eigenvalue weighted by Crippen LogP contribution is -2.50. The Balaban J connectivity index is 1.97. The van der Waals surface area contributed by atoms with Crippen LogP contribution in [0.25, 0.3) is 0 Å². The van der Waals surface area contributed by atoms with Gasteiger partial charge in [-0.25, -0.2) is 4.98 Å². The van der Waals surface area contributed by atoms with E-state index in [0.29, 0.717) is 6.04 Å². The second-order valence-corrected chi connectivity index (χ2v) is 4.92. The number of hydrogen-bond acceptors (Lipinski definition) is 5. The fraction of sp³-hybridized carbons (Fsp3) is 0.692. The van der Waals surface area contributed by atoms with Gasteiger partial charge in [0.15, 0.2) is 0 Å². The van der Waals surface area contributed by atoms with E-state index in [4.69, 9.17) is 0 Å². The largest absolute Gasteiger partial charge is 0.353 e. The van der Waals surface area contributed by atoms with E-state index >= 15 is 0 Å². The highest BCUT2D eigenvalue weighted by molar-refractivity contribution is 5.36. The van der Waals surface area contributed by atoms with E-state index in [1.165, 1.54) is 0 Å². The molecule has 1 unspecified atom stereocenters. The molecule has 1 aliphatic rings. The Kier molecular flexibility index (Phi) is 4.49. The molecule has 1 aromatic rings. The second kappa shape index (κ2) is 6.11. The topological polar surface area (TPSA) is 44.3 Å². The molecule has 1 saturated heterocycles. The van der Waals surface area contributed by atoms with Crippen LogP contribution in [0, 0.1) is 0 Å². The smallest absolute Gasteiger partial charge is 0.147 e. The molecule has 5 nitrogen and oxygen atoms in total. The second-order valence-electron chi connectivity index (χ2n) is 4.92. The predicted molar refractivity (Wildman–Crippen MR) is 73.7 cm³/mol. The van der Waals surface area contributed by atoms with Crippen LogP contribution in [-0.2, 0) is 6.54 Å². The average Bonchev–Trinajstić information content (AvgIpc) is 2.40. The minimum absolute atomic E-state index is 0.571. The van der Waals surface area contributed by atoms with Crippen LogP contribution in [0.3, 0.4) is 0 Å². The van der Waals surface area contributed by atoms with Gasteiger partial charge in [-0.05, 0) is 20.5 Å². The number of nitrogens with zero attached hydrogens (tertiary/aromatic N) is 4. The average molecular weight is 249 g/mol. The molecule has 5 heteroatoms. The number of aromatic nitrogens is 2. The molecule has 0 bridgehead atoms. The van der Waals surface area contributed by atoms with Gasteiger partial charge in [-0.2, -0.15) is 0 Å². The summed E-state index contributed by atoms with van der Waals surface area (Å²) in [4.78, 5) is 13.7. The third-order valence-electron chi connectivity index (χ3n) is 3.53. The highest BCUT2D eigenvalue weighted by Gasteiger charge is 2.21. The Hall–Kier alpha value is -1.20. The summed E-state index contributed by atoms with van der Waals surface area (Å²) in [6, 6.07) is 0.571. The van der Waals surface area contributed by atoms with E-state index in [1.54, 1.807) is 0 Å². The van der Waals surface area contributed by atoms with Crippen molar-refractivity contribution in [2.24, 2.45) is 0 Å². The molecule has 0 amide bonds. The van der Waals surface area contributed by atoms with Crippen LogP contribution >= 0.6 is 0 Å². The highest BCUT2D eigenvalue weighted by Crippen LogP contribution is 2.14. The van der Waals surface area contributed by atoms with E-state index in [9.17, 15) is 0 Å². The van der Waals surface area contributed by atoms with Crippen LogP contribution in [0.4, 0.5) is 5.82 Å². The van der Waals surface area contributed by atoms with Crippen molar-refractivity contribution in [2.75, 3.05) is 38.1 Å². The van der Waals surface area contributed by atoms with Gasteiger partial charge in [0.1, 0.15) is 5.82 Å². The zero-order valence-electron chi connectivity index (χ0n) is 11.6.